The molecular weight excluding hydrogens is 630 g/mol. The highest BCUT2D eigenvalue weighted by atomic mass is 35.5. The number of benzene rings is 2. The first-order valence-corrected chi connectivity index (χ1v) is 15.7. The number of carbonyl (C=O) groups excluding carboxylic acids is 1. The van der Waals surface area contributed by atoms with Gasteiger partial charge >= 0.3 is 6.18 Å². The molecular formula is C32H30Cl2F3N5OS. The lowest BCUT2D eigenvalue weighted by atomic mass is 10.1. The van der Waals surface area contributed by atoms with Crippen LogP contribution in [0, 0.1) is 11.8 Å². The van der Waals surface area contributed by atoms with E-state index in [4.69, 9.17) is 28.3 Å². The van der Waals surface area contributed by atoms with Crippen LogP contribution in [0.2, 0.25) is 10.0 Å². The Balaban J connectivity index is 1.57. The smallest absolute Gasteiger partial charge is 0.310 e. The lowest BCUT2D eigenvalue weighted by Crippen LogP contribution is -2.45. The van der Waals surface area contributed by atoms with Crippen LogP contribution in [0.3, 0.4) is 0 Å². The van der Waals surface area contributed by atoms with E-state index < -0.39 is 11.7 Å². The van der Waals surface area contributed by atoms with Crippen molar-refractivity contribution in [1.29, 1.82) is 0 Å². The fourth-order valence-electron chi connectivity index (χ4n) is 4.80. The molecule has 0 atom stereocenters. The van der Waals surface area contributed by atoms with Crippen molar-refractivity contribution in [1.82, 2.24) is 25.5 Å². The van der Waals surface area contributed by atoms with Gasteiger partial charge in [-0.3, -0.25) is 10.2 Å². The second-order valence-electron chi connectivity index (χ2n) is 10.7. The zero-order chi connectivity index (χ0) is 31.4. The Kier molecular flexibility index (Phi) is 10.0. The van der Waals surface area contributed by atoms with Crippen LogP contribution in [0.4, 0.5) is 13.2 Å². The number of halogens is 5. The molecule has 3 heterocycles. The van der Waals surface area contributed by atoms with E-state index >= 15 is 0 Å². The number of thiophene rings is 1. The van der Waals surface area contributed by atoms with Crippen LogP contribution in [0.5, 0.6) is 0 Å². The largest absolute Gasteiger partial charge is 0.416 e. The Labute approximate surface area is 268 Å². The number of nitrogens with zero attached hydrogens (tertiary/aromatic N) is 3. The molecule has 230 valence electrons. The summed E-state index contributed by atoms with van der Waals surface area (Å²) in [5, 5.41) is 11.0. The number of alkyl halides is 3. The van der Waals surface area contributed by atoms with Crippen LogP contribution in [0.25, 0.3) is 16.3 Å². The van der Waals surface area contributed by atoms with Crippen molar-refractivity contribution in [2.45, 2.75) is 51.9 Å². The molecule has 5 rings (SSSR count). The number of hydrogen-bond donors (Lipinski definition) is 2. The Bertz CT molecular complexity index is 1700. The number of hydrazine groups is 1. The van der Waals surface area contributed by atoms with Gasteiger partial charge in [-0.1, -0.05) is 55.3 Å². The summed E-state index contributed by atoms with van der Waals surface area (Å²) in [6.07, 6.45) is -1.26. The standard InChI is InChI=1S/C32H30Cl2F3N5OS/c1-20(2)38-19-25-29(31(43)40-41-16-4-3-5-17-41)39-42(27-14-11-23(33)18-26(27)34)30(25)28-15-13-24(44-28)12-8-21-6-9-22(10-7-21)32(35,36)37/h6-7,9-11,13-15,18,20,38H,3-5,16-17,19H2,1-2H3,(H,40,43). The highest BCUT2D eigenvalue weighted by Gasteiger charge is 2.30. The van der Waals surface area contributed by atoms with E-state index in [2.05, 4.69) is 22.6 Å². The first-order chi connectivity index (χ1) is 21.0. The van der Waals surface area contributed by atoms with Crippen molar-refractivity contribution in [2.24, 2.45) is 0 Å². The Morgan fingerprint density at radius 1 is 1.02 bits per heavy atom. The Hall–Kier alpha value is -3.33. The molecule has 0 aliphatic carbocycles. The van der Waals surface area contributed by atoms with Crippen LogP contribution in [0.15, 0.2) is 54.6 Å². The lowest BCUT2D eigenvalue weighted by molar-refractivity contribution is -0.137. The first-order valence-electron chi connectivity index (χ1n) is 14.2. The van der Waals surface area contributed by atoms with Crippen LogP contribution in [0.1, 0.15) is 65.2 Å². The lowest BCUT2D eigenvalue weighted by Gasteiger charge is -2.26. The minimum atomic E-state index is -4.41. The summed E-state index contributed by atoms with van der Waals surface area (Å²) < 4.78 is 40.5. The zero-order valence-corrected chi connectivity index (χ0v) is 26.4. The highest BCUT2D eigenvalue weighted by molar-refractivity contribution is 7.16. The predicted octanol–water partition coefficient (Wildman–Crippen LogP) is 7.95. The van der Waals surface area contributed by atoms with E-state index in [9.17, 15) is 18.0 Å². The molecule has 0 unspecified atom stereocenters. The molecule has 1 aliphatic rings. The second kappa shape index (κ2) is 13.8. The first kappa shape index (κ1) is 32.1. The third-order valence-corrected chi connectivity index (χ3v) is 8.57. The number of nitrogens with one attached hydrogen (secondary N) is 2. The van der Waals surface area contributed by atoms with Gasteiger partial charge in [0, 0.05) is 41.8 Å². The van der Waals surface area contributed by atoms with Gasteiger partial charge in [-0.2, -0.15) is 18.3 Å². The molecule has 4 aromatic rings. The molecule has 44 heavy (non-hydrogen) atoms. The summed E-state index contributed by atoms with van der Waals surface area (Å²) in [6, 6.07) is 13.7. The van der Waals surface area contributed by atoms with Crippen molar-refractivity contribution in [3.8, 4) is 28.1 Å². The van der Waals surface area contributed by atoms with E-state index in [1.54, 1.807) is 22.9 Å². The number of carbonyl (C=O) groups is 1. The third kappa shape index (κ3) is 7.65. The summed E-state index contributed by atoms with van der Waals surface area (Å²) >= 11 is 14.2. The van der Waals surface area contributed by atoms with Gasteiger partial charge in [0.1, 0.15) is 0 Å². The third-order valence-electron chi connectivity index (χ3n) is 7.02. The minimum Gasteiger partial charge on any atom is -0.310 e. The van der Waals surface area contributed by atoms with Gasteiger partial charge in [0.25, 0.3) is 5.91 Å². The van der Waals surface area contributed by atoms with Gasteiger partial charge in [0.2, 0.25) is 0 Å². The van der Waals surface area contributed by atoms with Crippen molar-refractivity contribution in [3.63, 3.8) is 0 Å². The maximum absolute atomic E-state index is 13.7. The molecule has 6 nitrogen and oxygen atoms in total. The molecule has 0 saturated carbocycles. The highest BCUT2D eigenvalue weighted by Crippen LogP contribution is 2.37. The van der Waals surface area contributed by atoms with Gasteiger partial charge in [0.15, 0.2) is 5.69 Å². The second-order valence-corrected chi connectivity index (χ2v) is 12.6. The average Bonchev–Trinajstić information content (AvgIpc) is 3.60. The summed E-state index contributed by atoms with van der Waals surface area (Å²) in [5.74, 6) is 5.69. The van der Waals surface area contributed by atoms with Crippen LogP contribution in [-0.4, -0.2) is 39.8 Å². The van der Waals surface area contributed by atoms with E-state index in [1.165, 1.54) is 23.5 Å². The molecule has 2 aromatic carbocycles. The molecule has 1 fully saturated rings. The van der Waals surface area contributed by atoms with E-state index in [1.807, 2.05) is 31.0 Å². The van der Waals surface area contributed by atoms with Crippen LogP contribution in [-0.2, 0) is 12.7 Å². The quantitative estimate of drug-likeness (QED) is 0.198. The number of rotatable bonds is 7. The number of piperidine rings is 1. The van der Waals surface area contributed by atoms with Crippen molar-refractivity contribution in [3.05, 3.63) is 91.9 Å². The normalized spacial score (nSPS) is 14.0. The van der Waals surface area contributed by atoms with Crippen molar-refractivity contribution in [2.75, 3.05) is 13.1 Å². The fourth-order valence-corrected chi connectivity index (χ4v) is 6.20. The monoisotopic (exact) mass is 659 g/mol. The number of hydrogen-bond acceptors (Lipinski definition) is 5. The topological polar surface area (TPSA) is 62.2 Å². The molecule has 0 bridgehead atoms. The van der Waals surface area contributed by atoms with Crippen LogP contribution < -0.4 is 10.7 Å². The fraction of sp³-hybridized carbons (Fsp3) is 0.312. The van der Waals surface area contributed by atoms with Gasteiger partial charge in [-0.05, 0) is 67.4 Å². The maximum Gasteiger partial charge on any atom is 0.416 e. The van der Waals surface area contributed by atoms with Crippen molar-refractivity contribution < 1.29 is 18.0 Å². The summed E-state index contributed by atoms with van der Waals surface area (Å²) in [5.41, 5.74) is 4.98. The molecule has 2 N–H and O–H groups in total. The van der Waals surface area contributed by atoms with Gasteiger partial charge in [-0.25, -0.2) is 9.69 Å². The molecule has 1 aliphatic heterocycles. The van der Waals surface area contributed by atoms with Gasteiger partial charge in [-0.15, -0.1) is 11.3 Å². The Morgan fingerprint density at radius 3 is 2.41 bits per heavy atom. The minimum absolute atomic E-state index is 0.136. The SMILES string of the molecule is CC(C)NCc1c(C(=O)NN2CCCCC2)nn(-c2ccc(Cl)cc2Cl)c1-c1ccc(C#Cc2ccc(C(F)(F)F)cc2)s1. The van der Waals surface area contributed by atoms with Gasteiger partial charge in [0.05, 0.1) is 31.7 Å². The number of amides is 1. The molecule has 0 spiro atoms. The van der Waals surface area contributed by atoms with E-state index in [0.29, 0.717) is 44.0 Å². The molecule has 2 aromatic heterocycles. The molecule has 0 radical (unpaired) electrons. The van der Waals surface area contributed by atoms with Crippen LogP contribution >= 0.6 is 34.5 Å². The summed E-state index contributed by atoms with van der Waals surface area (Å²) in [6.45, 7) is 5.95. The van der Waals surface area contributed by atoms with E-state index in [0.717, 1.165) is 49.4 Å². The van der Waals surface area contributed by atoms with Crippen molar-refractivity contribution >= 4 is 40.4 Å². The summed E-state index contributed by atoms with van der Waals surface area (Å²) in [4.78, 5) is 15.2. The zero-order valence-electron chi connectivity index (χ0n) is 24.1. The average molecular weight is 661 g/mol. The Morgan fingerprint density at radius 2 is 1.75 bits per heavy atom. The molecule has 1 saturated heterocycles. The predicted molar refractivity (Wildman–Crippen MR) is 169 cm³/mol. The molecule has 1 amide bonds. The molecule has 12 heteroatoms. The van der Waals surface area contributed by atoms with E-state index in [-0.39, 0.29) is 17.6 Å². The summed E-state index contributed by atoms with van der Waals surface area (Å²) in [7, 11) is 0. The number of aromatic nitrogens is 2. The van der Waals surface area contributed by atoms with Gasteiger partial charge < -0.3 is 5.32 Å². The maximum atomic E-state index is 13.7.